The minimum Gasteiger partial charge on any atom is -0.494 e. The molecule has 1 atom stereocenters. The van der Waals surface area contributed by atoms with Crippen molar-refractivity contribution in [3.8, 4) is 5.75 Å². The summed E-state index contributed by atoms with van der Waals surface area (Å²) < 4.78 is 21.0. The molecule has 1 aliphatic rings. The molecule has 2 heterocycles. The van der Waals surface area contributed by atoms with Crippen molar-refractivity contribution >= 4 is 28.6 Å². The smallest absolute Gasteiger partial charge is 0.255 e. The van der Waals surface area contributed by atoms with Gasteiger partial charge in [0.1, 0.15) is 11.6 Å². The number of ether oxygens (including phenoxy) is 1. The van der Waals surface area contributed by atoms with Crippen LogP contribution in [-0.2, 0) is 4.79 Å². The molecule has 0 bridgehead atoms. The molecule has 1 amide bonds. The zero-order valence-electron chi connectivity index (χ0n) is 18.3. The maximum atomic E-state index is 13.5. The first-order valence-electron chi connectivity index (χ1n) is 10.8. The summed E-state index contributed by atoms with van der Waals surface area (Å²) in [6.45, 7) is 4.38. The zero-order valence-corrected chi connectivity index (χ0v) is 18.3. The lowest BCUT2D eigenvalue weighted by Crippen LogP contribution is -2.30. The van der Waals surface area contributed by atoms with Gasteiger partial charge in [0.2, 0.25) is 5.95 Å². The van der Waals surface area contributed by atoms with Crippen LogP contribution in [0.3, 0.4) is 0 Å². The van der Waals surface area contributed by atoms with E-state index in [1.807, 2.05) is 66.9 Å². The van der Waals surface area contributed by atoms with Crippen LogP contribution in [0.1, 0.15) is 25.5 Å². The maximum Gasteiger partial charge on any atom is 0.255 e. The number of amides is 1. The number of hydrogen-bond acceptors (Lipinski definition) is 4. The quantitative estimate of drug-likeness (QED) is 0.428. The van der Waals surface area contributed by atoms with Crippen LogP contribution in [0, 0.1) is 5.82 Å². The van der Waals surface area contributed by atoms with Gasteiger partial charge in [-0.25, -0.2) is 9.37 Å². The van der Waals surface area contributed by atoms with Gasteiger partial charge in [-0.15, -0.1) is 0 Å². The molecule has 166 valence electrons. The second-order valence-electron chi connectivity index (χ2n) is 7.82. The Morgan fingerprint density at radius 2 is 1.82 bits per heavy atom. The summed E-state index contributed by atoms with van der Waals surface area (Å²) in [5, 5.41) is 6.20. The van der Waals surface area contributed by atoms with E-state index in [4.69, 9.17) is 9.72 Å². The fourth-order valence-electron chi connectivity index (χ4n) is 4.22. The molecular formula is C26H23FN4O2. The van der Waals surface area contributed by atoms with Crippen molar-refractivity contribution in [2.45, 2.75) is 19.9 Å². The fourth-order valence-corrected chi connectivity index (χ4v) is 4.22. The van der Waals surface area contributed by atoms with Crippen LogP contribution in [0.15, 0.2) is 84.1 Å². The Morgan fingerprint density at radius 1 is 1.09 bits per heavy atom. The minimum absolute atomic E-state index is 0.270. The number of aromatic nitrogens is 2. The van der Waals surface area contributed by atoms with Gasteiger partial charge in [-0.3, -0.25) is 9.36 Å². The normalized spacial score (nSPS) is 15.2. The summed E-state index contributed by atoms with van der Waals surface area (Å²) in [7, 11) is 0. The fraction of sp³-hybridized carbons (Fsp3) is 0.154. The predicted molar refractivity (Wildman–Crippen MR) is 127 cm³/mol. The van der Waals surface area contributed by atoms with Crippen molar-refractivity contribution in [2.24, 2.45) is 0 Å². The third kappa shape index (κ3) is 3.82. The van der Waals surface area contributed by atoms with Gasteiger partial charge >= 0.3 is 0 Å². The monoisotopic (exact) mass is 442 g/mol. The van der Waals surface area contributed by atoms with Crippen LogP contribution < -0.4 is 15.4 Å². The number of hydrogen-bond donors (Lipinski definition) is 2. The molecule has 0 unspecified atom stereocenters. The first-order chi connectivity index (χ1) is 16.0. The van der Waals surface area contributed by atoms with E-state index in [2.05, 4.69) is 10.6 Å². The molecule has 2 N–H and O–H groups in total. The molecule has 3 aromatic carbocycles. The van der Waals surface area contributed by atoms with Crippen LogP contribution >= 0.6 is 0 Å². The van der Waals surface area contributed by atoms with E-state index < -0.39 is 6.04 Å². The summed E-state index contributed by atoms with van der Waals surface area (Å²) in [5.74, 6) is 0.813. The Hall–Kier alpha value is -4.13. The molecule has 0 spiro atoms. The number of para-hydroxylation sites is 2. The number of allylic oxidation sites excluding steroid dienone is 1. The number of nitrogens with zero attached hydrogens (tertiary/aromatic N) is 2. The van der Waals surface area contributed by atoms with E-state index in [0.29, 0.717) is 29.5 Å². The predicted octanol–water partition coefficient (Wildman–Crippen LogP) is 5.50. The number of anilines is 2. The van der Waals surface area contributed by atoms with Crippen LogP contribution in [0.25, 0.3) is 11.0 Å². The topological polar surface area (TPSA) is 68.2 Å². The van der Waals surface area contributed by atoms with Crippen molar-refractivity contribution in [1.29, 1.82) is 0 Å². The first kappa shape index (κ1) is 20.8. The van der Waals surface area contributed by atoms with Gasteiger partial charge in [0.25, 0.3) is 5.91 Å². The van der Waals surface area contributed by atoms with Gasteiger partial charge in [0.05, 0.1) is 29.3 Å². The number of benzene rings is 3. The van der Waals surface area contributed by atoms with Crippen molar-refractivity contribution < 1.29 is 13.9 Å². The summed E-state index contributed by atoms with van der Waals surface area (Å²) in [6.07, 6.45) is 0. The number of carbonyl (C=O) groups excluding carboxylic acids is 1. The largest absolute Gasteiger partial charge is 0.494 e. The zero-order chi connectivity index (χ0) is 22.9. The lowest BCUT2D eigenvalue weighted by molar-refractivity contribution is -0.113. The molecule has 33 heavy (non-hydrogen) atoms. The van der Waals surface area contributed by atoms with Gasteiger partial charge in [-0.1, -0.05) is 24.3 Å². The second kappa shape index (κ2) is 8.43. The minimum atomic E-state index is -0.412. The van der Waals surface area contributed by atoms with Crippen molar-refractivity contribution in [1.82, 2.24) is 9.55 Å². The van der Waals surface area contributed by atoms with Crippen LogP contribution in [0.5, 0.6) is 5.75 Å². The Bertz CT molecular complexity index is 1360. The van der Waals surface area contributed by atoms with Crippen molar-refractivity contribution in [3.05, 3.63) is 95.4 Å². The maximum absolute atomic E-state index is 13.5. The average molecular weight is 442 g/mol. The highest BCUT2D eigenvalue weighted by molar-refractivity contribution is 6.06. The molecule has 4 aromatic rings. The Morgan fingerprint density at radius 3 is 2.55 bits per heavy atom. The Kier molecular flexibility index (Phi) is 5.30. The van der Waals surface area contributed by atoms with Gasteiger partial charge in [0, 0.05) is 11.4 Å². The lowest BCUT2D eigenvalue weighted by Gasteiger charge is -2.30. The number of halogens is 1. The van der Waals surface area contributed by atoms with Crippen LogP contribution in [0.2, 0.25) is 0 Å². The number of carbonyl (C=O) groups is 1. The van der Waals surface area contributed by atoms with E-state index in [1.54, 1.807) is 12.1 Å². The summed E-state index contributed by atoms with van der Waals surface area (Å²) >= 11 is 0. The Balaban J connectivity index is 1.62. The molecule has 0 aliphatic carbocycles. The molecule has 0 radical (unpaired) electrons. The first-order valence-corrected chi connectivity index (χ1v) is 10.8. The molecule has 5 rings (SSSR count). The van der Waals surface area contributed by atoms with Crippen LogP contribution in [-0.4, -0.2) is 22.1 Å². The van der Waals surface area contributed by atoms with E-state index in [0.717, 1.165) is 22.3 Å². The molecular weight excluding hydrogens is 419 g/mol. The molecule has 6 nitrogen and oxygen atoms in total. The molecule has 0 saturated heterocycles. The highest BCUT2D eigenvalue weighted by Crippen LogP contribution is 2.39. The van der Waals surface area contributed by atoms with Gasteiger partial charge < -0.3 is 15.4 Å². The number of fused-ring (bicyclic) bond motifs is 3. The van der Waals surface area contributed by atoms with E-state index in [-0.39, 0.29) is 11.7 Å². The molecule has 1 aliphatic heterocycles. The standard InChI is InChI=1S/C26H23FN4O2/c1-3-33-20-14-8-17(9-15-20)24-23(25(32)29-19-12-10-18(27)11-13-19)16(2)28-26-30-21-6-4-5-7-22(21)31(24)26/h4-15,24H,3H2,1-2H3,(H,28,30)(H,29,32)/t24-/m1/s1. The second-order valence-corrected chi connectivity index (χ2v) is 7.82. The SMILES string of the molecule is CCOc1ccc([C@@H]2C(C(=O)Nc3ccc(F)cc3)=C(C)Nc3nc4ccccc4n32)cc1. The highest BCUT2D eigenvalue weighted by atomic mass is 19.1. The molecule has 0 saturated carbocycles. The highest BCUT2D eigenvalue weighted by Gasteiger charge is 2.34. The number of rotatable bonds is 5. The van der Waals surface area contributed by atoms with Gasteiger partial charge in [-0.05, 0) is 67.9 Å². The molecule has 1 aromatic heterocycles. The van der Waals surface area contributed by atoms with Gasteiger partial charge in [0.15, 0.2) is 0 Å². The summed E-state index contributed by atoms with van der Waals surface area (Å²) in [5.41, 5.74) is 4.46. The summed E-state index contributed by atoms with van der Waals surface area (Å²) in [6, 6.07) is 20.9. The number of imidazole rings is 1. The summed E-state index contributed by atoms with van der Waals surface area (Å²) in [4.78, 5) is 18.3. The average Bonchev–Trinajstić information content (AvgIpc) is 3.18. The van der Waals surface area contributed by atoms with Gasteiger partial charge in [-0.2, -0.15) is 0 Å². The molecule has 0 fully saturated rings. The van der Waals surface area contributed by atoms with Crippen molar-refractivity contribution in [2.75, 3.05) is 17.2 Å². The van der Waals surface area contributed by atoms with Crippen molar-refractivity contribution in [3.63, 3.8) is 0 Å². The Labute approximate surface area is 190 Å². The lowest BCUT2D eigenvalue weighted by atomic mass is 9.94. The third-order valence-electron chi connectivity index (χ3n) is 5.68. The van der Waals surface area contributed by atoms with E-state index in [1.165, 1.54) is 12.1 Å². The van der Waals surface area contributed by atoms with Crippen LogP contribution in [0.4, 0.5) is 16.0 Å². The molecule has 7 heteroatoms. The van der Waals surface area contributed by atoms with E-state index in [9.17, 15) is 9.18 Å². The van der Waals surface area contributed by atoms with E-state index >= 15 is 0 Å². The third-order valence-corrected chi connectivity index (χ3v) is 5.68. The number of nitrogens with one attached hydrogen (secondary N) is 2.